The number of sulfonamides is 1. The van der Waals surface area contributed by atoms with Crippen molar-refractivity contribution in [1.29, 1.82) is 0 Å². The molecule has 3 heterocycles. The van der Waals surface area contributed by atoms with Crippen LogP contribution in [-0.4, -0.2) is 95.2 Å². The highest BCUT2D eigenvalue weighted by Gasteiger charge is 2.62. The number of hydrogen-bond donors (Lipinski definition) is 3. The number of rotatable bonds is 5. The zero-order valence-corrected chi connectivity index (χ0v) is 30.5. The van der Waals surface area contributed by atoms with Crippen molar-refractivity contribution in [3.05, 3.63) is 47.3 Å². The van der Waals surface area contributed by atoms with Crippen molar-refractivity contribution in [2.45, 2.75) is 126 Å². The summed E-state index contributed by atoms with van der Waals surface area (Å²) in [5.74, 6) is -7.30. The first kappa shape index (κ1) is 38.4. The van der Waals surface area contributed by atoms with Crippen molar-refractivity contribution in [2.75, 3.05) is 6.54 Å². The minimum atomic E-state index is -4.06. The predicted molar refractivity (Wildman–Crippen MR) is 181 cm³/mol. The maximum Gasteiger partial charge on any atom is 0.410 e. The summed E-state index contributed by atoms with van der Waals surface area (Å²) >= 11 is 0. The Bertz CT molecular complexity index is 1820. The number of ether oxygens (including phenoxy) is 2. The fourth-order valence-corrected chi connectivity index (χ4v) is 8.41. The van der Waals surface area contributed by atoms with E-state index in [2.05, 4.69) is 10.6 Å². The lowest BCUT2D eigenvalue weighted by Crippen LogP contribution is -2.58. The number of hydrogen-bond acceptors (Lipinski definition) is 9. The summed E-state index contributed by atoms with van der Waals surface area (Å²) < 4.78 is 82.9. The number of nitrogens with zero attached hydrogens (tertiary/aromatic N) is 2. The topological polar surface area (TPSA) is 181 Å². The van der Waals surface area contributed by atoms with Gasteiger partial charge in [0.25, 0.3) is 11.8 Å². The second-order valence-corrected chi connectivity index (χ2v) is 17.5. The summed E-state index contributed by atoms with van der Waals surface area (Å²) in [6, 6.07) is 1.65. The summed E-state index contributed by atoms with van der Waals surface area (Å²) in [6.07, 6.45) is -1.86. The second-order valence-electron chi connectivity index (χ2n) is 15.5. The molecule has 1 aromatic rings. The molecule has 53 heavy (non-hydrogen) atoms. The number of amides is 5. The van der Waals surface area contributed by atoms with Crippen LogP contribution in [0.3, 0.4) is 0 Å². The van der Waals surface area contributed by atoms with E-state index in [0.717, 1.165) is 4.90 Å². The normalized spacial score (nSPS) is 29.3. The average molecular weight is 768 g/mol. The van der Waals surface area contributed by atoms with Crippen LogP contribution in [0.4, 0.5) is 22.8 Å². The SMILES string of the molecule is CC(C)(C)OC(=O)N[C@H]1CCCC(F)(F)C/C=C\[C@@H]2C[C@@]2(C(=O)NS(=O)(=O)C2CC2)NC(=O)[C@@H]2C[C@@H](OC(=O)N3Cc4cccc(F)c4C3)CN2C1=O. The van der Waals surface area contributed by atoms with Crippen molar-refractivity contribution >= 4 is 39.9 Å². The average Bonchev–Trinajstić information content (AvgIpc) is 3.93. The van der Waals surface area contributed by atoms with Crippen LogP contribution in [-0.2, 0) is 47.0 Å². The van der Waals surface area contributed by atoms with E-state index < -0.39 is 105 Å². The van der Waals surface area contributed by atoms with Crippen LogP contribution in [0.2, 0.25) is 0 Å². The highest BCUT2D eigenvalue weighted by atomic mass is 32.2. The van der Waals surface area contributed by atoms with Crippen LogP contribution in [0.25, 0.3) is 0 Å². The van der Waals surface area contributed by atoms with E-state index in [9.17, 15) is 36.8 Å². The molecule has 5 aliphatic rings. The Morgan fingerprint density at radius 3 is 2.49 bits per heavy atom. The van der Waals surface area contributed by atoms with Crippen molar-refractivity contribution in [3.8, 4) is 0 Å². The zero-order valence-electron chi connectivity index (χ0n) is 29.7. The molecule has 0 radical (unpaired) electrons. The molecule has 6 rings (SSSR count). The van der Waals surface area contributed by atoms with Gasteiger partial charge in [0, 0.05) is 37.3 Å². The fraction of sp³-hybridized carbons (Fsp3) is 0.629. The van der Waals surface area contributed by atoms with Crippen LogP contribution in [0.15, 0.2) is 30.4 Å². The molecule has 5 amide bonds. The van der Waals surface area contributed by atoms with Gasteiger partial charge in [0.2, 0.25) is 21.8 Å². The Hall–Kier alpha value is -4.35. The number of carbonyl (C=O) groups excluding carboxylic acids is 5. The zero-order chi connectivity index (χ0) is 38.5. The predicted octanol–water partition coefficient (Wildman–Crippen LogP) is 3.39. The number of alkyl carbamates (subject to hydrolysis) is 1. The summed E-state index contributed by atoms with van der Waals surface area (Å²) in [6.45, 7) is 4.44. The van der Waals surface area contributed by atoms with Gasteiger partial charge in [-0.05, 0) is 64.5 Å². The van der Waals surface area contributed by atoms with Crippen LogP contribution in [0.1, 0.15) is 83.3 Å². The molecule has 3 aliphatic heterocycles. The molecule has 0 unspecified atom stereocenters. The number of carbonyl (C=O) groups is 5. The summed E-state index contributed by atoms with van der Waals surface area (Å²) in [4.78, 5) is 70.4. The molecule has 0 bridgehead atoms. The molecule has 2 aliphatic carbocycles. The van der Waals surface area contributed by atoms with E-state index in [1.807, 2.05) is 4.72 Å². The molecular formula is C35H44F3N5O9S. The monoisotopic (exact) mass is 767 g/mol. The Kier molecular flexibility index (Phi) is 10.2. The number of benzene rings is 1. The maximum atomic E-state index is 15.0. The third-order valence-electron chi connectivity index (χ3n) is 10.1. The van der Waals surface area contributed by atoms with Gasteiger partial charge in [-0.3, -0.25) is 24.0 Å². The first-order valence-electron chi connectivity index (χ1n) is 17.7. The van der Waals surface area contributed by atoms with E-state index in [0.29, 0.717) is 24.0 Å². The minimum Gasteiger partial charge on any atom is -0.444 e. The van der Waals surface area contributed by atoms with Crippen molar-refractivity contribution in [1.82, 2.24) is 25.2 Å². The molecule has 290 valence electrons. The molecule has 3 fully saturated rings. The van der Waals surface area contributed by atoms with E-state index in [-0.39, 0.29) is 45.3 Å². The Morgan fingerprint density at radius 2 is 1.81 bits per heavy atom. The summed E-state index contributed by atoms with van der Waals surface area (Å²) in [7, 11) is -4.06. The lowest BCUT2D eigenvalue weighted by Gasteiger charge is -2.30. The standard InChI is InChI=1S/C35H44F3N5O9S/c1-33(2,3)52-31(47)39-26-10-6-14-34(37,38)13-5-8-21-16-35(21,30(46)41-53(49,50)23-11-12-23)40-28(44)27-15-22(18-43(27)29(26)45)51-32(48)42-17-20-7-4-9-25(36)24(20)19-42/h4-5,7-9,21-23,26-27H,6,10-19H2,1-3H3,(H,39,47)(H,40,44)(H,41,46)/b8-5-/t21-,22-,26+,27+,35-/m1/s1. The second kappa shape index (κ2) is 14.1. The molecule has 18 heteroatoms. The van der Waals surface area contributed by atoms with Gasteiger partial charge in [0.1, 0.15) is 35.1 Å². The lowest BCUT2D eigenvalue weighted by atomic mass is 10.0. The molecule has 1 aromatic carbocycles. The number of fused-ring (bicyclic) bond motifs is 3. The van der Waals surface area contributed by atoms with E-state index >= 15 is 8.78 Å². The summed E-state index contributed by atoms with van der Waals surface area (Å²) in [5, 5.41) is 4.30. The Balaban J connectivity index is 1.28. The van der Waals surface area contributed by atoms with E-state index in [4.69, 9.17) is 9.47 Å². The van der Waals surface area contributed by atoms with Gasteiger partial charge < -0.3 is 25.0 Å². The minimum absolute atomic E-state index is 0.0635. The van der Waals surface area contributed by atoms with Crippen LogP contribution >= 0.6 is 0 Å². The van der Waals surface area contributed by atoms with Crippen LogP contribution in [0, 0.1) is 11.7 Å². The third-order valence-corrected chi connectivity index (χ3v) is 11.9. The van der Waals surface area contributed by atoms with Gasteiger partial charge in [-0.2, -0.15) is 0 Å². The van der Waals surface area contributed by atoms with Gasteiger partial charge in [-0.25, -0.2) is 31.2 Å². The molecule has 14 nitrogen and oxygen atoms in total. The smallest absolute Gasteiger partial charge is 0.410 e. The molecule has 0 spiro atoms. The molecule has 0 aromatic heterocycles. The molecular weight excluding hydrogens is 723 g/mol. The Morgan fingerprint density at radius 1 is 1.08 bits per heavy atom. The molecule has 2 saturated carbocycles. The van der Waals surface area contributed by atoms with E-state index in [1.165, 1.54) is 29.2 Å². The van der Waals surface area contributed by atoms with Gasteiger partial charge >= 0.3 is 12.2 Å². The highest BCUT2D eigenvalue weighted by molar-refractivity contribution is 7.91. The maximum absolute atomic E-state index is 15.0. The van der Waals surface area contributed by atoms with Gasteiger partial charge in [0.05, 0.1) is 18.3 Å². The summed E-state index contributed by atoms with van der Waals surface area (Å²) in [5.41, 5.74) is -1.87. The third kappa shape index (κ3) is 8.73. The Labute approximate surface area is 305 Å². The van der Waals surface area contributed by atoms with Crippen LogP contribution in [0.5, 0.6) is 0 Å². The molecule has 5 atom stereocenters. The number of nitrogens with one attached hydrogen (secondary N) is 3. The first-order chi connectivity index (χ1) is 24.8. The number of halogens is 3. The van der Waals surface area contributed by atoms with Gasteiger partial charge in [-0.15, -0.1) is 0 Å². The van der Waals surface area contributed by atoms with Crippen molar-refractivity contribution < 1.29 is 55.0 Å². The van der Waals surface area contributed by atoms with Gasteiger partial charge in [-0.1, -0.05) is 24.3 Å². The molecule has 3 N–H and O–H groups in total. The quantitative estimate of drug-likeness (QED) is 0.379. The lowest BCUT2D eigenvalue weighted by molar-refractivity contribution is -0.141. The number of allylic oxidation sites excluding steroid dienone is 1. The fourth-order valence-electron chi connectivity index (χ4n) is 7.05. The van der Waals surface area contributed by atoms with Crippen molar-refractivity contribution in [2.24, 2.45) is 5.92 Å². The number of alkyl halides is 2. The van der Waals surface area contributed by atoms with Gasteiger partial charge in [0.15, 0.2) is 0 Å². The first-order valence-corrected chi connectivity index (χ1v) is 19.3. The highest BCUT2D eigenvalue weighted by Crippen LogP contribution is 2.46. The largest absolute Gasteiger partial charge is 0.444 e. The van der Waals surface area contributed by atoms with E-state index in [1.54, 1.807) is 26.8 Å². The van der Waals surface area contributed by atoms with Crippen molar-refractivity contribution in [3.63, 3.8) is 0 Å². The molecule has 1 saturated heterocycles. The van der Waals surface area contributed by atoms with Crippen LogP contribution < -0.4 is 15.4 Å².